The molecule has 0 unspecified atom stereocenters. The molecule has 2 aliphatic heterocycles. The normalized spacial score (nSPS) is 18.3. The summed E-state index contributed by atoms with van der Waals surface area (Å²) in [7, 11) is 0. The highest BCUT2D eigenvalue weighted by molar-refractivity contribution is 5.82. The first-order valence-corrected chi connectivity index (χ1v) is 13.5. The number of hydrogen-bond donors (Lipinski definition) is 0. The monoisotopic (exact) mass is 511 g/mol. The van der Waals surface area contributed by atoms with Crippen LogP contribution < -0.4 is 4.74 Å². The molecule has 2 aromatic rings. The van der Waals surface area contributed by atoms with E-state index in [0.717, 1.165) is 75.4 Å². The highest BCUT2D eigenvalue weighted by atomic mass is 19.1. The molecule has 2 saturated heterocycles. The number of halogens is 1. The molecule has 2 heterocycles. The topological polar surface area (TPSA) is 51.0 Å². The molecular formula is C30H40FN2O4+. The van der Waals surface area contributed by atoms with Crippen molar-refractivity contribution >= 4 is 12.1 Å². The second kappa shape index (κ2) is 13.8. The molecule has 0 radical (unpaired) electrons. The minimum Gasteiger partial charge on any atom is -0.493 e. The maximum atomic E-state index is 13.5. The average molecular weight is 512 g/mol. The summed E-state index contributed by atoms with van der Waals surface area (Å²) in [6, 6.07) is 14.2. The lowest BCUT2D eigenvalue weighted by Crippen LogP contribution is -2.44. The first-order chi connectivity index (χ1) is 18.0. The van der Waals surface area contributed by atoms with E-state index in [-0.39, 0.29) is 24.1 Å². The van der Waals surface area contributed by atoms with Crippen molar-refractivity contribution in [1.29, 1.82) is 0 Å². The lowest BCUT2D eigenvalue weighted by molar-refractivity contribution is -0.489. The molecule has 1 amide bonds. The minimum atomic E-state index is -0.283. The van der Waals surface area contributed by atoms with Gasteiger partial charge in [-0.05, 0) is 54.3 Å². The molecule has 6 nitrogen and oxygen atoms in total. The number of ether oxygens (including phenoxy) is 3. The third-order valence-electron chi connectivity index (χ3n) is 6.84. The molecule has 0 spiro atoms. The van der Waals surface area contributed by atoms with Gasteiger partial charge in [-0.1, -0.05) is 26.0 Å². The van der Waals surface area contributed by atoms with Crippen molar-refractivity contribution in [2.45, 2.75) is 58.3 Å². The number of benzene rings is 2. The zero-order valence-electron chi connectivity index (χ0n) is 22.1. The molecule has 0 saturated carbocycles. The molecule has 2 aliphatic rings. The Morgan fingerprint density at radius 2 is 1.76 bits per heavy atom. The maximum absolute atomic E-state index is 13.5. The summed E-state index contributed by atoms with van der Waals surface area (Å²) in [4.78, 5) is 16.0. The lowest BCUT2D eigenvalue weighted by Gasteiger charge is -2.31. The van der Waals surface area contributed by atoms with E-state index in [0.29, 0.717) is 18.9 Å². The Kier molecular flexibility index (Phi) is 10.2. The predicted molar refractivity (Wildman–Crippen MR) is 142 cm³/mol. The van der Waals surface area contributed by atoms with Crippen molar-refractivity contribution in [2.75, 3.05) is 39.5 Å². The van der Waals surface area contributed by atoms with Crippen molar-refractivity contribution in [3.8, 4) is 5.75 Å². The van der Waals surface area contributed by atoms with Crippen molar-refractivity contribution in [2.24, 2.45) is 5.92 Å². The zero-order valence-corrected chi connectivity index (χ0v) is 22.1. The van der Waals surface area contributed by atoms with Crippen LogP contribution in [0.5, 0.6) is 5.75 Å². The fourth-order valence-electron chi connectivity index (χ4n) is 4.74. The fourth-order valence-corrected chi connectivity index (χ4v) is 4.74. The minimum absolute atomic E-state index is 0.0441. The van der Waals surface area contributed by atoms with Gasteiger partial charge in [0.2, 0.25) is 0 Å². The van der Waals surface area contributed by atoms with Gasteiger partial charge in [0.1, 0.15) is 11.6 Å². The van der Waals surface area contributed by atoms with Gasteiger partial charge in [0.25, 0.3) is 0 Å². The van der Waals surface area contributed by atoms with Crippen LogP contribution in [0.15, 0.2) is 48.5 Å². The van der Waals surface area contributed by atoms with Crippen LogP contribution in [0.3, 0.4) is 0 Å². The smallest absolute Gasteiger partial charge is 0.391 e. The summed E-state index contributed by atoms with van der Waals surface area (Å²) in [5.41, 5.74) is 1.77. The molecular weight excluding hydrogens is 471 g/mol. The fraction of sp³-hybridized carbons (Fsp3) is 0.533. The number of carbonyl (C=O) groups is 1. The number of carbonyl (C=O) groups excluding carboxylic acids is 1. The Morgan fingerprint density at radius 3 is 2.41 bits per heavy atom. The third kappa shape index (κ3) is 8.73. The van der Waals surface area contributed by atoms with Gasteiger partial charge in [0, 0.05) is 44.5 Å². The van der Waals surface area contributed by atoms with Crippen LogP contribution in [-0.4, -0.2) is 73.4 Å². The van der Waals surface area contributed by atoms with Gasteiger partial charge in [-0.25, -0.2) is 9.18 Å². The van der Waals surface area contributed by atoms with Crippen molar-refractivity contribution < 1.29 is 28.0 Å². The molecule has 0 aromatic heterocycles. The Hall–Kier alpha value is -2.61. The maximum Gasteiger partial charge on any atom is 0.391 e. The summed E-state index contributed by atoms with van der Waals surface area (Å²) < 4.78 is 32.5. The van der Waals surface area contributed by atoms with Crippen LogP contribution >= 0.6 is 0 Å². The Morgan fingerprint density at radius 1 is 1.08 bits per heavy atom. The number of hydrogen-bond acceptors (Lipinski definition) is 5. The number of amides is 1. The summed E-state index contributed by atoms with van der Waals surface area (Å²) in [5, 5.41) is 0. The van der Waals surface area contributed by atoms with Crippen LogP contribution in [0, 0.1) is 11.7 Å². The first kappa shape index (κ1) is 27.4. The second-order valence-electron chi connectivity index (χ2n) is 10.4. The summed E-state index contributed by atoms with van der Waals surface area (Å²) >= 11 is 0. The molecule has 0 N–H and O–H groups in total. The highest BCUT2D eigenvalue weighted by Crippen LogP contribution is 2.19. The predicted octanol–water partition coefficient (Wildman–Crippen LogP) is 4.68. The molecule has 2 fully saturated rings. The molecule has 0 aliphatic carbocycles. The second-order valence-corrected chi connectivity index (χ2v) is 10.4. The largest absolute Gasteiger partial charge is 0.493 e. The van der Waals surface area contributed by atoms with E-state index in [1.807, 2.05) is 35.1 Å². The molecule has 200 valence electrons. The third-order valence-corrected chi connectivity index (χ3v) is 6.84. The molecule has 2 aromatic carbocycles. The SMILES string of the molecule is CC(C)COc1ccc(CC(=O)[N+](=Cc2ccc(F)cc2)C2CCN(CCC3OCCCO3)CC2)cc1. The summed E-state index contributed by atoms with van der Waals surface area (Å²) in [6.45, 7) is 9.21. The number of rotatable bonds is 10. The van der Waals surface area contributed by atoms with Gasteiger partial charge in [-0.15, -0.1) is 0 Å². The van der Waals surface area contributed by atoms with E-state index >= 15 is 0 Å². The van der Waals surface area contributed by atoms with E-state index in [1.165, 1.54) is 12.1 Å². The van der Waals surface area contributed by atoms with Crippen LogP contribution in [-0.2, 0) is 20.7 Å². The number of likely N-dealkylation sites (tertiary alicyclic amines) is 1. The van der Waals surface area contributed by atoms with E-state index in [9.17, 15) is 9.18 Å². The Labute approximate surface area is 220 Å². The number of nitrogens with zero attached hydrogens (tertiary/aromatic N) is 2. The van der Waals surface area contributed by atoms with Crippen LogP contribution in [0.25, 0.3) is 0 Å². The van der Waals surface area contributed by atoms with Crippen molar-refractivity contribution in [3.63, 3.8) is 0 Å². The Bertz CT molecular complexity index is 1010. The Balaban J connectivity index is 1.39. The van der Waals surface area contributed by atoms with E-state index in [1.54, 1.807) is 12.1 Å². The molecule has 4 rings (SSSR count). The summed E-state index contributed by atoms with van der Waals surface area (Å²) in [5.74, 6) is 1.03. The number of piperidine rings is 1. The quantitative estimate of drug-likeness (QED) is 0.343. The van der Waals surface area contributed by atoms with Gasteiger partial charge in [-0.2, -0.15) is 4.58 Å². The lowest BCUT2D eigenvalue weighted by atomic mass is 10.0. The van der Waals surface area contributed by atoms with Crippen LogP contribution in [0.1, 0.15) is 50.7 Å². The molecule has 37 heavy (non-hydrogen) atoms. The molecule has 7 heteroatoms. The van der Waals surface area contributed by atoms with Crippen LogP contribution in [0.2, 0.25) is 0 Å². The molecule has 0 atom stereocenters. The van der Waals surface area contributed by atoms with Gasteiger partial charge < -0.3 is 19.1 Å². The van der Waals surface area contributed by atoms with Gasteiger partial charge >= 0.3 is 5.91 Å². The highest BCUT2D eigenvalue weighted by Gasteiger charge is 2.32. The van der Waals surface area contributed by atoms with Crippen LogP contribution in [0.4, 0.5) is 4.39 Å². The van der Waals surface area contributed by atoms with E-state index < -0.39 is 0 Å². The summed E-state index contributed by atoms with van der Waals surface area (Å²) in [6.07, 6.45) is 5.69. The zero-order chi connectivity index (χ0) is 26.0. The van der Waals surface area contributed by atoms with Crippen molar-refractivity contribution in [1.82, 2.24) is 4.90 Å². The van der Waals surface area contributed by atoms with Gasteiger partial charge in [0.05, 0.1) is 26.2 Å². The van der Waals surface area contributed by atoms with Crippen molar-refractivity contribution in [3.05, 3.63) is 65.5 Å². The molecule has 0 bridgehead atoms. The van der Waals surface area contributed by atoms with Gasteiger partial charge in [0.15, 0.2) is 18.5 Å². The standard InChI is InChI=1S/C30H40FN2O4/c1-23(2)22-37-28-10-6-24(7-11-28)20-29(34)33(21-25-4-8-26(31)9-5-25)27-12-15-32(16-13-27)17-14-30-35-18-3-19-36-30/h4-11,21,23,27,30H,3,12-20,22H2,1-2H3/q+1. The van der Waals surface area contributed by atoms with E-state index in [2.05, 4.69) is 18.7 Å². The van der Waals surface area contributed by atoms with E-state index in [4.69, 9.17) is 14.2 Å². The van der Waals surface area contributed by atoms with Gasteiger partial charge in [-0.3, -0.25) is 0 Å². The first-order valence-electron chi connectivity index (χ1n) is 13.5. The average Bonchev–Trinajstić information content (AvgIpc) is 2.92.